The van der Waals surface area contributed by atoms with Gasteiger partial charge in [0.05, 0.1) is 0 Å². The Kier molecular flexibility index (Phi) is 4.45. The van der Waals surface area contributed by atoms with Crippen molar-refractivity contribution < 1.29 is 0 Å². The Labute approximate surface area is 140 Å². The minimum Gasteiger partial charge on any atom is -0.353 e. The molecular formula is C17H21BrN4. The van der Waals surface area contributed by atoms with E-state index >= 15 is 0 Å². The molecule has 116 valence electrons. The van der Waals surface area contributed by atoms with Gasteiger partial charge in [0.2, 0.25) is 0 Å². The Bertz CT molecular complexity index is 647. The highest BCUT2D eigenvalue weighted by molar-refractivity contribution is 9.10. The quantitative estimate of drug-likeness (QED) is 0.837. The summed E-state index contributed by atoms with van der Waals surface area (Å²) in [5.41, 5.74) is 2.37. The summed E-state index contributed by atoms with van der Waals surface area (Å²) in [5.74, 6) is 1.90. The first kappa shape index (κ1) is 15.4. The van der Waals surface area contributed by atoms with Crippen LogP contribution in [-0.2, 0) is 6.54 Å². The SMILES string of the molecule is Cc1cc(N2CC(N(C)Cc3cccc(Br)c3)C2)nc(C)n1. The van der Waals surface area contributed by atoms with E-state index in [0.29, 0.717) is 6.04 Å². The van der Waals surface area contributed by atoms with Crippen LogP contribution in [0.5, 0.6) is 0 Å². The van der Waals surface area contributed by atoms with Crippen molar-refractivity contribution in [2.75, 3.05) is 25.0 Å². The highest BCUT2D eigenvalue weighted by Crippen LogP contribution is 2.23. The first-order chi connectivity index (χ1) is 10.5. The number of likely N-dealkylation sites (N-methyl/N-ethyl adjacent to an activating group) is 1. The third kappa shape index (κ3) is 3.47. The number of nitrogens with zero attached hydrogens (tertiary/aromatic N) is 4. The van der Waals surface area contributed by atoms with Gasteiger partial charge in [0.15, 0.2) is 0 Å². The van der Waals surface area contributed by atoms with E-state index in [-0.39, 0.29) is 0 Å². The normalized spacial score (nSPS) is 15.2. The van der Waals surface area contributed by atoms with E-state index in [9.17, 15) is 0 Å². The third-order valence-corrected chi connectivity index (χ3v) is 4.58. The summed E-state index contributed by atoms with van der Waals surface area (Å²) in [6.07, 6.45) is 0. The first-order valence-corrected chi connectivity index (χ1v) is 8.32. The average molecular weight is 361 g/mol. The van der Waals surface area contributed by atoms with Gasteiger partial charge in [-0.2, -0.15) is 0 Å². The van der Waals surface area contributed by atoms with Crippen molar-refractivity contribution in [2.45, 2.75) is 26.4 Å². The Balaban J connectivity index is 1.58. The second kappa shape index (κ2) is 6.34. The lowest BCUT2D eigenvalue weighted by molar-refractivity contribution is 0.196. The van der Waals surface area contributed by atoms with Crippen molar-refractivity contribution >= 4 is 21.7 Å². The van der Waals surface area contributed by atoms with Crippen molar-refractivity contribution in [3.05, 3.63) is 51.9 Å². The molecule has 4 nitrogen and oxygen atoms in total. The summed E-state index contributed by atoms with van der Waals surface area (Å²) in [6.45, 7) is 7.00. The van der Waals surface area contributed by atoms with E-state index < -0.39 is 0 Å². The molecule has 0 unspecified atom stereocenters. The molecule has 1 aliphatic rings. The molecule has 1 fully saturated rings. The maximum absolute atomic E-state index is 4.54. The number of benzene rings is 1. The summed E-state index contributed by atoms with van der Waals surface area (Å²) >= 11 is 3.53. The van der Waals surface area contributed by atoms with E-state index in [2.05, 4.69) is 73.1 Å². The van der Waals surface area contributed by atoms with Crippen LogP contribution in [0.2, 0.25) is 0 Å². The lowest BCUT2D eigenvalue weighted by Crippen LogP contribution is -2.58. The van der Waals surface area contributed by atoms with E-state index in [1.807, 2.05) is 13.8 Å². The number of rotatable bonds is 4. The van der Waals surface area contributed by atoms with Gasteiger partial charge in [-0.3, -0.25) is 4.90 Å². The van der Waals surface area contributed by atoms with Gasteiger partial charge in [0, 0.05) is 41.9 Å². The predicted octanol–water partition coefficient (Wildman–Crippen LogP) is 3.18. The summed E-state index contributed by atoms with van der Waals surface area (Å²) in [7, 11) is 2.19. The molecule has 2 heterocycles. The van der Waals surface area contributed by atoms with E-state index in [1.165, 1.54) is 5.56 Å². The van der Waals surface area contributed by atoms with Gasteiger partial charge in [-0.05, 0) is 38.6 Å². The number of aryl methyl sites for hydroxylation is 2. The summed E-state index contributed by atoms with van der Waals surface area (Å²) < 4.78 is 1.14. The molecule has 5 heteroatoms. The molecule has 1 aromatic heterocycles. The largest absolute Gasteiger partial charge is 0.353 e. The van der Waals surface area contributed by atoms with E-state index in [0.717, 1.165) is 41.4 Å². The molecule has 0 amide bonds. The van der Waals surface area contributed by atoms with Crippen LogP contribution >= 0.6 is 15.9 Å². The molecule has 1 saturated heterocycles. The highest BCUT2D eigenvalue weighted by atomic mass is 79.9. The Morgan fingerprint density at radius 3 is 2.68 bits per heavy atom. The predicted molar refractivity (Wildman–Crippen MR) is 93.1 cm³/mol. The summed E-state index contributed by atoms with van der Waals surface area (Å²) in [4.78, 5) is 13.6. The molecule has 0 atom stereocenters. The molecule has 3 rings (SSSR count). The van der Waals surface area contributed by atoms with Crippen LogP contribution in [0, 0.1) is 13.8 Å². The number of hydrogen-bond donors (Lipinski definition) is 0. The third-order valence-electron chi connectivity index (χ3n) is 4.08. The number of aromatic nitrogens is 2. The van der Waals surface area contributed by atoms with Gasteiger partial charge < -0.3 is 4.90 Å². The molecule has 0 bridgehead atoms. The standard InChI is InChI=1S/C17H21BrN4/c1-12-7-17(20-13(2)19-12)22-10-16(11-22)21(3)9-14-5-4-6-15(18)8-14/h4-8,16H,9-11H2,1-3H3. The topological polar surface area (TPSA) is 32.3 Å². The second-order valence-electron chi connectivity index (χ2n) is 6.02. The zero-order chi connectivity index (χ0) is 15.7. The fourth-order valence-corrected chi connectivity index (χ4v) is 3.28. The maximum atomic E-state index is 4.54. The maximum Gasteiger partial charge on any atom is 0.132 e. The minimum absolute atomic E-state index is 0.578. The average Bonchev–Trinajstić information content (AvgIpc) is 2.35. The zero-order valence-corrected chi connectivity index (χ0v) is 14.8. The zero-order valence-electron chi connectivity index (χ0n) is 13.3. The number of halogens is 1. The van der Waals surface area contributed by atoms with Crippen molar-refractivity contribution in [3.8, 4) is 0 Å². The molecule has 0 aliphatic carbocycles. The van der Waals surface area contributed by atoms with Gasteiger partial charge in [-0.15, -0.1) is 0 Å². The van der Waals surface area contributed by atoms with Crippen LogP contribution in [0.3, 0.4) is 0 Å². The van der Waals surface area contributed by atoms with Gasteiger partial charge in [0.25, 0.3) is 0 Å². The molecular weight excluding hydrogens is 340 g/mol. The van der Waals surface area contributed by atoms with Crippen molar-refractivity contribution in [1.82, 2.24) is 14.9 Å². The fraction of sp³-hybridized carbons (Fsp3) is 0.412. The van der Waals surface area contributed by atoms with Gasteiger partial charge in [-0.1, -0.05) is 28.1 Å². The lowest BCUT2D eigenvalue weighted by Gasteiger charge is -2.44. The van der Waals surface area contributed by atoms with Crippen LogP contribution in [-0.4, -0.2) is 41.0 Å². The smallest absolute Gasteiger partial charge is 0.132 e. The van der Waals surface area contributed by atoms with Crippen LogP contribution in [0.1, 0.15) is 17.1 Å². The van der Waals surface area contributed by atoms with Gasteiger partial charge >= 0.3 is 0 Å². The fourth-order valence-electron chi connectivity index (χ4n) is 2.83. The molecule has 2 aromatic rings. The van der Waals surface area contributed by atoms with Crippen molar-refractivity contribution in [3.63, 3.8) is 0 Å². The lowest BCUT2D eigenvalue weighted by atomic mass is 10.1. The van der Waals surface area contributed by atoms with Gasteiger partial charge in [0.1, 0.15) is 11.6 Å². The van der Waals surface area contributed by atoms with E-state index in [1.54, 1.807) is 0 Å². The molecule has 0 saturated carbocycles. The van der Waals surface area contributed by atoms with Crippen LogP contribution < -0.4 is 4.90 Å². The Morgan fingerprint density at radius 2 is 2.00 bits per heavy atom. The van der Waals surface area contributed by atoms with Crippen LogP contribution in [0.25, 0.3) is 0 Å². The van der Waals surface area contributed by atoms with Crippen molar-refractivity contribution in [2.24, 2.45) is 0 Å². The van der Waals surface area contributed by atoms with E-state index in [4.69, 9.17) is 0 Å². The van der Waals surface area contributed by atoms with Crippen LogP contribution in [0.4, 0.5) is 5.82 Å². The first-order valence-electron chi connectivity index (χ1n) is 7.53. The number of anilines is 1. The Hall–Kier alpha value is -1.46. The molecule has 0 N–H and O–H groups in total. The highest BCUT2D eigenvalue weighted by Gasteiger charge is 2.31. The molecule has 0 spiro atoms. The van der Waals surface area contributed by atoms with Crippen molar-refractivity contribution in [1.29, 1.82) is 0 Å². The number of hydrogen-bond acceptors (Lipinski definition) is 4. The Morgan fingerprint density at radius 1 is 1.23 bits per heavy atom. The molecule has 0 radical (unpaired) electrons. The molecule has 1 aromatic carbocycles. The van der Waals surface area contributed by atoms with Crippen LogP contribution in [0.15, 0.2) is 34.8 Å². The minimum atomic E-state index is 0.578. The molecule has 22 heavy (non-hydrogen) atoms. The summed E-state index contributed by atoms with van der Waals surface area (Å²) in [5, 5.41) is 0. The summed E-state index contributed by atoms with van der Waals surface area (Å²) in [6, 6.07) is 11.2. The monoisotopic (exact) mass is 360 g/mol. The second-order valence-corrected chi connectivity index (χ2v) is 6.93. The van der Waals surface area contributed by atoms with Gasteiger partial charge in [-0.25, -0.2) is 9.97 Å². The molecule has 1 aliphatic heterocycles.